The fraction of sp³-hybridized carbons (Fsp3) is 0.188. The summed E-state index contributed by atoms with van der Waals surface area (Å²) in [5.41, 5.74) is 2.16. The normalized spacial score (nSPS) is 10.5. The minimum absolute atomic E-state index is 0.0926. The van der Waals surface area contributed by atoms with Crippen molar-refractivity contribution in [3.05, 3.63) is 62.1 Å². The average Bonchev–Trinajstić information content (AvgIpc) is 2.36. The second-order valence-corrected chi connectivity index (χ2v) is 5.98. The minimum atomic E-state index is -0.203. The lowest BCUT2D eigenvalue weighted by atomic mass is 10.1. The van der Waals surface area contributed by atoms with Crippen LogP contribution in [0.1, 0.15) is 21.5 Å². The van der Waals surface area contributed by atoms with E-state index in [9.17, 15) is 4.79 Å². The van der Waals surface area contributed by atoms with Gasteiger partial charge in [-0.2, -0.15) is 0 Å². The maximum absolute atomic E-state index is 12.2. The molecule has 0 spiro atoms. The van der Waals surface area contributed by atoms with Crippen LogP contribution in [0.5, 0.6) is 5.75 Å². The van der Waals surface area contributed by atoms with Gasteiger partial charge < -0.3 is 4.74 Å². The number of aryl methyl sites for hydroxylation is 2. The average molecular weight is 344 g/mol. The van der Waals surface area contributed by atoms with Crippen LogP contribution in [0.25, 0.3) is 0 Å². The summed E-state index contributed by atoms with van der Waals surface area (Å²) < 4.78 is 5.62. The number of ether oxygens (including phenoxy) is 1. The van der Waals surface area contributed by atoms with E-state index in [4.69, 9.17) is 39.5 Å². The van der Waals surface area contributed by atoms with Crippen LogP contribution in [0, 0.1) is 13.8 Å². The molecular formula is C16H13Cl3O2. The Kier molecular flexibility index (Phi) is 5.15. The third-order valence-electron chi connectivity index (χ3n) is 3.00. The number of halogens is 3. The smallest absolute Gasteiger partial charge is 0.201 e. The van der Waals surface area contributed by atoms with Crippen LogP contribution in [0.3, 0.4) is 0 Å². The van der Waals surface area contributed by atoms with Gasteiger partial charge in [-0.15, -0.1) is 0 Å². The van der Waals surface area contributed by atoms with Gasteiger partial charge in [-0.05, 0) is 55.3 Å². The molecule has 0 aromatic heterocycles. The Morgan fingerprint density at radius 3 is 2.19 bits per heavy atom. The lowest BCUT2D eigenvalue weighted by Gasteiger charge is -2.12. The Morgan fingerprint density at radius 2 is 1.62 bits per heavy atom. The van der Waals surface area contributed by atoms with Crippen molar-refractivity contribution >= 4 is 40.6 Å². The molecule has 2 nitrogen and oxygen atoms in total. The van der Waals surface area contributed by atoms with E-state index in [2.05, 4.69) is 0 Å². The van der Waals surface area contributed by atoms with Crippen LogP contribution < -0.4 is 4.74 Å². The van der Waals surface area contributed by atoms with E-state index in [1.807, 2.05) is 13.8 Å². The van der Waals surface area contributed by atoms with E-state index in [-0.39, 0.29) is 12.4 Å². The molecule has 0 aliphatic rings. The first-order chi connectivity index (χ1) is 9.88. The van der Waals surface area contributed by atoms with Gasteiger partial charge in [0.1, 0.15) is 5.75 Å². The summed E-state index contributed by atoms with van der Waals surface area (Å²) in [6, 6.07) is 8.35. The molecule has 0 saturated heterocycles. The summed E-state index contributed by atoms with van der Waals surface area (Å²) in [6.45, 7) is 3.67. The van der Waals surface area contributed by atoms with E-state index in [1.54, 1.807) is 24.3 Å². The van der Waals surface area contributed by atoms with Crippen LogP contribution in [0.2, 0.25) is 15.1 Å². The topological polar surface area (TPSA) is 26.3 Å². The molecule has 110 valence electrons. The Labute approximate surface area is 138 Å². The molecule has 0 atom stereocenters. The zero-order chi connectivity index (χ0) is 15.6. The predicted molar refractivity (Wildman–Crippen MR) is 87.2 cm³/mol. The van der Waals surface area contributed by atoms with Crippen molar-refractivity contribution in [2.45, 2.75) is 13.8 Å². The van der Waals surface area contributed by atoms with Crippen LogP contribution in [0.15, 0.2) is 30.3 Å². The van der Waals surface area contributed by atoms with E-state index in [0.29, 0.717) is 26.4 Å². The summed E-state index contributed by atoms with van der Waals surface area (Å²) >= 11 is 17.8. The number of hydrogen-bond donors (Lipinski definition) is 0. The second-order valence-electron chi connectivity index (χ2n) is 4.70. The highest BCUT2D eigenvalue weighted by molar-refractivity contribution is 6.36. The maximum Gasteiger partial charge on any atom is 0.201 e. The van der Waals surface area contributed by atoms with Crippen molar-refractivity contribution in [3.63, 3.8) is 0 Å². The fourth-order valence-corrected chi connectivity index (χ4v) is 2.90. The van der Waals surface area contributed by atoms with Gasteiger partial charge in [-0.3, -0.25) is 4.79 Å². The van der Waals surface area contributed by atoms with Gasteiger partial charge in [0.05, 0.1) is 5.02 Å². The Hall–Kier alpha value is -1.22. The van der Waals surface area contributed by atoms with Gasteiger partial charge in [0.15, 0.2) is 6.61 Å². The third kappa shape index (κ3) is 3.91. The zero-order valence-electron chi connectivity index (χ0n) is 11.5. The molecule has 21 heavy (non-hydrogen) atoms. The van der Waals surface area contributed by atoms with Crippen molar-refractivity contribution in [3.8, 4) is 5.75 Å². The van der Waals surface area contributed by atoms with Gasteiger partial charge in [-0.25, -0.2) is 0 Å². The van der Waals surface area contributed by atoms with E-state index >= 15 is 0 Å². The summed E-state index contributed by atoms with van der Waals surface area (Å²) in [5.74, 6) is 0.461. The monoisotopic (exact) mass is 342 g/mol. The second kappa shape index (κ2) is 6.69. The standard InChI is InChI=1S/C16H13Cl3O2/c1-9-5-12(18)6-10(2)16(9)21-8-15(20)13-4-3-11(17)7-14(13)19/h3-7H,8H2,1-2H3. The summed E-state index contributed by atoms with van der Waals surface area (Å²) in [5, 5.41) is 1.45. The summed E-state index contributed by atoms with van der Waals surface area (Å²) in [6.07, 6.45) is 0. The molecule has 0 N–H and O–H groups in total. The van der Waals surface area contributed by atoms with E-state index in [0.717, 1.165) is 11.1 Å². The van der Waals surface area contributed by atoms with Crippen molar-refractivity contribution in [2.24, 2.45) is 0 Å². The molecule has 0 amide bonds. The molecule has 0 bridgehead atoms. The highest BCUT2D eigenvalue weighted by atomic mass is 35.5. The molecule has 2 rings (SSSR count). The zero-order valence-corrected chi connectivity index (χ0v) is 13.8. The van der Waals surface area contributed by atoms with Gasteiger partial charge in [0.25, 0.3) is 0 Å². The van der Waals surface area contributed by atoms with Crippen LogP contribution in [0.4, 0.5) is 0 Å². The first kappa shape index (κ1) is 16.2. The molecular weight excluding hydrogens is 331 g/mol. The quantitative estimate of drug-likeness (QED) is 0.683. The Balaban J connectivity index is 2.15. The number of ketones is 1. The molecule has 0 radical (unpaired) electrons. The molecule has 2 aromatic carbocycles. The highest BCUT2D eigenvalue weighted by Crippen LogP contribution is 2.27. The lowest BCUT2D eigenvalue weighted by molar-refractivity contribution is 0.0921. The van der Waals surface area contributed by atoms with Crippen LogP contribution in [-0.4, -0.2) is 12.4 Å². The SMILES string of the molecule is Cc1cc(Cl)cc(C)c1OCC(=O)c1ccc(Cl)cc1Cl. The van der Waals surface area contributed by atoms with Gasteiger partial charge in [0, 0.05) is 15.6 Å². The molecule has 0 fully saturated rings. The number of hydrogen-bond acceptors (Lipinski definition) is 2. The predicted octanol–water partition coefficient (Wildman–Crippen LogP) is 5.53. The first-order valence-corrected chi connectivity index (χ1v) is 7.39. The molecule has 0 heterocycles. The van der Waals surface area contributed by atoms with Crippen LogP contribution >= 0.6 is 34.8 Å². The number of benzene rings is 2. The highest BCUT2D eigenvalue weighted by Gasteiger charge is 2.13. The Morgan fingerprint density at radius 1 is 1.00 bits per heavy atom. The van der Waals surface area contributed by atoms with Crippen molar-refractivity contribution in [1.29, 1.82) is 0 Å². The minimum Gasteiger partial charge on any atom is -0.485 e. The molecule has 5 heteroatoms. The number of Topliss-reactive ketones (excluding diaryl/α,β-unsaturated/α-hetero) is 1. The van der Waals surface area contributed by atoms with E-state index in [1.165, 1.54) is 6.07 Å². The van der Waals surface area contributed by atoms with Crippen molar-refractivity contribution < 1.29 is 9.53 Å². The number of carbonyl (C=O) groups excluding carboxylic acids is 1. The van der Waals surface area contributed by atoms with E-state index < -0.39 is 0 Å². The lowest BCUT2D eigenvalue weighted by Crippen LogP contribution is -2.13. The molecule has 0 unspecified atom stereocenters. The van der Waals surface area contributed by atoms with Gasteiger partial charge >= 0.3 is 0 Å². The van der Waals surface area contributed by atoms with Gasteiger partial charge in [0.2, 0.25) is 5.78 Å². The number of carbonyl (C=O) groups is 1. The van der Waals surface area contributed by atoms with Crippen molar-refractivity contribution in [1.82, 2.24) is 0 Å². The van der Waals surface area contributed by atoms with Crippen LogP contribution in [-0.2, 0) is 0 Å². The number of rotatable bonds is 4. The maximum atomic E-state index is 12.2. The Bertz CT molecular complexity index is 673. The molecule has 0 aliphatic heterocycles. The van der Waals surface area contributed by atoms with Crippen molar-refractivity contribution in [2.75, 3.05) is 6.61 Å². The molecule has 2 aromatic rings. The summed E-state index contributed by atoms with van der Waals surface area (Å²) in [4.78, 5) is 12.2. The van der Waals surface area contributed by atoms with Gasteiger partial charge in [-0.1, -0.05) is 34.8 Å². The largest absolute Gasteiger partial charge is 0.485 e. The first-order valence-electron chi connectivity index (χ1n) is 6.26. The third-order valence-corrected chi connectivity index (χ3v) is 3.77. The summed E-state index contributed by atoms with van der Waals surface area (Å²) in [7, 11) is 0. The molecule has 0 saturated carbocycles. The molecule has 0 aliphatic carbocycles. The fourth-order valence-electron chi connectivity index (χ4n) is 2.06.